The molecule has 70 valence electrons. The zero-order valence-electron chi connectivity index (χ0n) is 5.22. The van der Waals surface area contributed by atoms with Gasteiger partial charge in [-0.2, -0.15) is 22.0 Å². The first-order valence-corrected chi connectivity index (χ1v) is 2.68. The van der Waals surface area contributed by atoms with Crippen LogP contribution in [0.1, 0.15) is 0 Å². The Kier molecular flexibility index (Phi) is 1.66. The number of rotatable bonds is 0. The molecule has 1 aliphatic carbocycles. The molecule has 1 saturated carbocycles. The van der Waals surface area contributed by atoms with Crippen LogP contribution in [0, 0.1) is 0 Å². The molecule has 1 aliphatic rings. The summed E-state index contributed by atoms with van der Waals surface area (Å²) in [5, 5.41) is 0. The zero-order valence-corrected chi connectivity index (χ0v) is 5.22. The molecule has 0 amide bonds. The predicted octanol–water partition coefficient (Wildman–Crippen LogP) is 2.76. The molecular weight excluding hydrogens is 193 g/mol. The van der Waals surface area contributed by atoms with Gasteiger partial charge in [0.15, 0.2) is 6.17 Å². The van der Waals surface area contributed by atoms with Crippen LogP contribution in [0.2, 0.25) is 0 Å². The second-order valence-corrected chi connectivity index (χ2v) is 2.21. The largest absolute Gasteiger partial charge is 0.443 e. The van der Waals surface area contributed by atoms with Gasteiger partial charge in [-0.15, -0.1) is 0 Å². The molecule has 0 spiro atoms. The van der Waals surface area contributed by atoms with E-state index in [-0.39, 0.29) is 0 Å². The zero-order chi connectivity index (χ0) is 9.73. The molecule has 1 rings (SSSR count). The van der Waals surface area contributed by atoms with Gasteiger partial charge in [-0.1, -0.05) is 0 Å². The summed E-state index contributed by atoms with van der Waals surface area (Å²) in [5.74, 6) is -7.31. The van der Waals surface area contributed by atoms with Gasteiger partial charge in [0, 0.05) is 0 Å². The van der Waals surface area contributed by atoms with Crippen LogP contribution in [0.25, 0.3) is 0 Å². The highest BCUT2D eigenvalue weighted by atomic mass is 19.4. The lowest BCUT2D eigenvalue weighted by Crippen LogP contribution is -2.09. The van der Waals surface area contributed by atoms with Crippen LogP contribution in [0.4, 0.5) is 30.7 Å². The Morgan fingerprint density at radius 1 is 1.25 bits per heavy atom. The molecule has 0 aromatic rings. The molecule has 0 N–H and O–H groups in total. The normalized spacial score (nSPS) is 31.8. The van der Waals surface area contributed by atoms with Crippen molar-refractivity contribution >= 4 is 0 Å². The fourth-order valence-corrected chi connectivity index (χ4v) is 0.655. The molecular formula is C5HF7. The fraction of sp³-hybridized carbons (Fsp3) is 0.600. The summed E-state index contributed by atoms with van der Waals surface area (Å²) in [7, 11) is 0. The molecule has 1 fully saturated rings. The summed E-state index contributed by atoms with van der Waals surface area (Å²) in [4.78, 5) is 0. The molecule has 7 heteroatoms. The Hall–Kier alpha value is -0.750. The van der Waals surface area contributed by atoms with Crippen molar-refractivity contribution in [3.63, 3.8) is 0 Å². The van der Waals surface area contributed by atoms with Gasteiger partial charge in [0.05, 0.1) is 5.57 Å². The van der Waals surface area contributed by atoms with Crippen molar-refractivity contribution in [2.24, 2.45) is 0 Å². The van der Waals surface area contributed by atoms with E-state index in [1.807, 2.05) is 0 Å². The van der Waals surface area contributed by atoms with E-state index >= 15 is 0 Å². The SMILES string of the molecule is FC(=C1C(F)C1(F)F)C(F)(F)F. The monoisotopic (exact) mass is 194 g/mol. The van der Waals surface area contributed by atoms with Crippen LogP contribution >= 0.6 is 0 Å². The van der Waals surface area contributed by atoms with E-state index < -0.39 is 29.7 Å². The van der Waals surface area contributed by atoms with Crippen LogP contribution < -0.4 is 0 Å². The fourth-order valence-electron chi connectivity index (χ4n) is 0.655. The molecule has 0 aliphatic heterocycles. The van der Waals surface area contributed by atoms with Crippen LogP contribution in [-0.2, 0) is 0 Å². The minimum Gasteiger partial charge on any atom is -0.235 e. The number of halogens is 7. The summed E-state index contributed by atoms with van der Waals surface area (Å²) in [6, 6.07) is 0. The van der Waals surface area contributed by atoms with Crippen molar-refractivity contribution in [1.82, 2.24) is 0 Å². The minimum atomic E-state index is -5.53. The van der Waals surface area contributed by atoms with Gasteiger partial charge < -0.3 is 0 Å². The standard InChI is InChI=1S/C5HF7/c6-2-1(4(2,8)9)3(7)5(10,11)12/h2H. The van der Waals surface area contributed by atoms with Crippen LogP contribution in [-0.4, -0.2) is 18.3 Å². The highest BCUT2D eigenvalue weighted by Crippen LogP contribution is 2.55. The van der Waals surface area contributed by atoms with Gasteiger partial charge in [-0.25, -0.2) is 8.78 Å². The Labute approximate surface area is 61.7 Å². The molecule has 0 saturated heterocycles. The third-order valence-electron chi connectivity index (χ3n) is 1.33. The van der Waals surface area contributed by atoms with Crippen molar-refractivity contribution in [2.75, 3.05) is 0 Å². The van der Waals surface area contributed by atoms with Crippen molar-refractivity contribution in [3.05, 3.63) is 11.4 Å². The third kappa shape index (κ3) is 1.16. The molecule has 12 heavy (non-hydrogen) atoms. The van der Waals surface area contributed by atoms with Gasteiger partial charge in [0.25, 0.3) is 0 Å². The number of hydrogen-bond acceptors (Lipinski definition) is 0. The van der Waals surface area contributed by atoms with Gasteiger partial charge in [-0.05, 0) is 0 Å². The lowest BCUT2D eigenvalue weighted by molar-refractivity contribution is -0.110. The first-order chi connectivity index (χ1) is 5.19. The number of alkyl halides is 6. The molecule has 0 bridgehead atoms. The Morgan fingerprint density at radius 2 is 1.58 bits per heavy atom. The summed E-state index contributed by atoms with van der Waals surface area (Å²) < 4.78 is 81.2. The number of hydrogen-bond donors (Lipinski definition) is 0. The summed E-state index contributed by atoms with van der Waals surface area (Å²) in [6.07, 6.45) is -8.65. The first kappa shape index (κ1) is 9.34. The minimum absolute atomic E-state index is 2.10. The molecule has 0 nitrogen and oxygen atoms in total. The van der Waals surface area contributed by atoms with E-state index in [0.717, 1.165) is 0 Å². The molecule has 0 aromatic carbocycles. The maximum atomic E-state index is 11.9. The highest BCUT2D eigenvalue weighted by Gasteiger charge is 2.69. The summed E-state index contributed by atoms with van der Waals surface area (Å²) in [5.41, 5.74) is -2.10. The van der Waals surface area contributed by atoms with E-state index in [1.54, 1.807) is 0 Å². The number of allylic oxidation sites excluding steroid dienone is 2. The van der Waals surface area contributed by atoms with Crippen molar-refractivity contribution in [2.45, 2.75) is 18.3 Å². The molecule has 0 heterocycles. The highest BCUT2D eigenvalue weighted by molar-refractivity contribution is 5.43. The average Bonchev–Trinajstić information content (AvgIpc) is 2.30. The predicted molar refractivity (Wildman–Crippen MR) is 24.0 cm³/mol. The molecule has 1 atom stereocenters. The second kappa shape index (κ2) is 2.14. The Bertz CT molecular complexity index is 223. The Balaban J connectivity index is 2.98. The summed E-state index contributed by atoms with van der Waals surface area (Å²) in [6.45, 7) is 0. The van der Waals surface area contributed by atoms with Gasteiger partial charge >= 0.3 is 12.1 Å². The van der Waals surface area contributed by atoms with Gasteiger partial charge in [-0.3, -0.25) is 0 Å². The third-order valence-corrected chi connectivity index (χ3v) is 1.33. The molecule has 0 aromatic heterocycles. The van der Waals surface area contributed by atoms with E-state index in [1.165, 1.54) is 0 Å². The van der Waals surface area contributed by atoms with Crippen LogP contribution in [0.15, 0.2) is 11.4 Å². The summed E-state index contributed by atoms with van der Waals surface area (Å²) >= 11 is 0. The smallest absolute Gasteiger partial charge is 0.235 e. The molecule has 0 radical (unpaired) electrons. The van der Waals surface area contributed by atoms with Crippen LogP contribution in [0.3, 0.4) is 0 Å². The van der Waals surface area contributed by atoms with E-state index in [9.17, 15) is 30.7 Å². The first-order valence-electron chi connectivity index (χ1n) is 2.68. The van der Waals surface area contributed by atoms with E-state index in [0.29, 0.717) is 0 Å². The van der Waals surface area contributed by atoms with Gasteiger partial charge in [0.2, 0.25) is 5.83 Å². The maximum Gasteiger partial charge on any atom is 0.443 e. The quantitative estimate of drug-likeness (QED) is 0.520. The molecule has 1 unspecified atom stereocenters. The van der Waals surface area contributed by atoms with Crippen molar-refractivity contribution in [3.8, 4) is 0 Å². The topological polar surface area (TPSA) is 0 Å². The van der Waals surface area contributed by atoms with Crippen molar-refractivity contribution in [1.29, 1.82) is 0 Å². The van der Waals surface area contributed by atoms with E-state index in [2.05, 4.69) is 0 Å². The average molecular weight is 194 g/mol. The lowest BCUT2D eigenvalue weighted by Gasteiger charge is -2.00. The second-order valence-electron chi connectivity index (χ2n) is 2.21. The van der Waals surface area contributed by atoms with E-state index in [4.69, 9.17) is 0 Å². The van der Waals surface area contributed by atoms with Gasteiger partial charge in [0.1, 0.15) is 0 Å². The maximum absolute atomic E-state index is 11.9. The lowest BCUT2D eigenvalue weighted by atomic mass is 10.4. The van der Waals surface area contributed by atoms with Crippen molar-refractivity contribution < 1.29 is 30.7 Å². The Morgan fingerprint density at radius 3 is 1.67 bits per heavy atom. The van der Waals surface area contributed by atoms with Crippen LogP contribution in [0.5, 0.6) is 0 Å².